The van der Waals surface area contributed by atoms with Crippen LogP contribution in [-0.4, -0.2) is 38.3 Å². The lowest BCUT2D eigenvalue weighted by Crippen LogP contribution is -2.33. The topological polar surface area (TPSA) is 66.5 Å². The van der Waals surface area contributed by atoms with Gasteiger partial charge in [0.1, 0.15) is 0 Å². The summed E-state index contributed by atoms with van der Waals surface area (Å²) >= 11 is 6.05. The van der Waals surface area contributed by atoms with E-state index in [0.717, 1.165) is 19.3 Å². The molecule has 0 atom stereocenters. The van der Waals surface area contributed by atoms with Crippen LogP contribution in [0.2, 0.25) is 5.02 Å². The van der Waals surface area contributed by atoms with Crippen LogP contribution in [0.5, 0.6) is 0 Å². The molecule has 1 amide bonds. The zero-order chi connectivity index (χ0) is 17.6. The van der Waals surface area contributed by atoms with E-state index in [1.165, 1.54) is 29.6 Å². The maximum atomic E-state index is 12.5. The van der Waals surface area contributed by atoms with E-state index >= 15 is 0 Å². The molecule has 0 fully saturated rings. The molecule has 0 bridgehead atoms. The van der Waals surface area contributed by atoms with Gasteiger partial charge in [-0.1, -0.05) is 31.4 Å². The number of hydrogen-bond acceptors (Lipinski definition) is 3. The van der Waals surface area contributed by atoms with E-state index in [-0.39, 0.29) is 27.4 Å². The van der Waals surface area contributed by atoms with Crippen LogP contribution < -0.4 is 5.32 Å². The van der Waals surface area contributed by atoms with Crippen molar-refractivity contribution in [1.29, 1.82) is 0 Å². The summed E-state index contributed by atoms with van der Waals surface area (Å²) in [5, 5.41) is 3.01. The molecular weight excluding hydrogens is 336 g/mol. The fraction of sp³-hybridized carbons (Fsp3) is 0.562. The van der Waals surface area contributed by atoms with Crippen LogP contribution in [0.1, 0.15) is 50.4 Å². The Hall–Kier alpha value is -1.11. The lowest BCUT2D eigenvalue weighted by Gasteiger charge is -2.21. The summed E-state index contributed by atoms with van der Waals surface area (Å²) in [7, 11) is -2.13. The molecule has 1 rings (SSSR count). The largest absolute Gasteiger partial charge is 0.352 e. The second-order valence-electron chi connectivity index (χ2n) is 5.72. The molecule has 0 heterocycles. The molecule has 1 aromatic rings. The van der Waals surface area contributed by atoms with Gasteiger partial charge in [-0.25, -0.2) is 8.42 Å². The highest BCUT2D eigenvalue weighted by molar-refractivity contribution is 7.89. The lowest BCUT2D eigenvalue weighted by atomic mass is 10.2. The quantitative estimate of drug-likeness (QED) is 0.723. The van der Waals surface area contributed by atoms with E-state index in [1.54, 1.807) is 13.8 Å². The summed E-state index contributed by atoms with van der Waals surface area (Å²) in [5.41, 5.74) is 0.182. The molecule has 0 aromatic heterocycles. The summed E-state index contributed by atoms with van der Waals surface area (Å²) in [5.74, 6) is -0.352. The van der Waals surface area contributed by atoms with Gasteiger partial charge in [0.05, 0.1) is 15.5 Å². The summed E-state index contributed by atoms with van der Waals surface area (Å²) < 4.78 is 26.3. The molecule has 0 spiro atoms. The first kappa shape index (κ1) is 19.9. The summed E-state index contributed by atoms with van der Waals surface area (Å²) in [4.78, 5) is 12.3. The minimum atomic E-state index is -3.65. The highest BCUT2D eigenvalue weighted by Gasteiger charge is 2.24. The van der Waals surface area contributed by atoms with Crippen molar-refractivity contribution < 1.29 is 13.2 Å². The Kier molecular flexibility index (Phi) is 7.51. The number of sulfonamides is 1. The maximum absolute atomic E-state index is 12.5. The number of carbonyl (C=O) groups excluding carboxylic acids is 1. The van der Waals surface area contributed by atoms with Gasteiger partial charge in [-0.15, -0.1) is 0 Å². The molecule has 0 radical (unpaired) electrons. The van der Waals surface area contributed by atoms with Crippen LogP contribution in [-0.2, 0) is 10.0 Å². The number of benzene rings is 1. The molecule has 130 valence electrons. The van der Waals surface area contributed by atoms with Crippen LogP contribution in [0.3, 0.4) is 0 Å². The van der Waals surface area contributed by atoms with Gasteiger partial charge >= 0.3 is 0 Å². The van der Waals surface area contributed by atoms with E-state index in [9.17, 15) is 13.2 Å². The Morgan fingerprint density at radius 2 is 1.96 bits per heavy atom. The minimum absolute atomic E-state index is 0.0665. The molecule has 5 nitrogen and oxygen atoms in total. The van der Waals surface area contributed by atoms with E-state index in [4.69, 9.17) is 11.6 Å². The molecule has 0 saturated carbocycles. The molecule has 0 aliphatic rings. The molecule has 1 aromatic carbocycles. The van der Waals surface area contributed by atoms with Crippen LogP contribution in [0.25, 0.3) is 0 Å². The molecular formula is C16H25ClN2O3S. The smallest absolute Gasteiger partial charge is 0.252 e. The van der Waals surface area contributed by atoms with Crippen molar-refractivity contribution >= 4 is 27.5 Å². The summed E-state index contributed by atoms with van der Waals surface area (Å²) in [6.45, 7) is 6.20. The van der Waals surface area contributed by atoms with Gasteiger partial charge in [0.2, 0.25) is 10.0 Å². The number of hydrogen-bond donors (Lipinski definition) is 1. The Labute approximate surface area is 144 Å². The van der Waals surface area contributed by atoms with Crippen molar-refractivity contribution in [3.8, 4) is 0 Å². The minimum Gasteiger partial charge on any atom is -0.352 e. The second kappa shape index (κ2) is 8.66. The lowest BCUT2D eigenvalue weighted by molar-refractivity contribution is 0.0953. The fourth-order valence-electron chi connectivity index (χ4n) is 1.95. The van der Waals surface area contributed by atoms with Crippen LogP contribution in [0, 0.1) is 0 Å². The summed E-state index contributed by atoms with van der Waals surface area (Å²) in [6, 6.07) is 4.03. The molecule has 0 aliphatic carbocycles. The van der Waals surface area contributed by atoms with Crippen LogP contribution in [0.15, 0.2) is 23.1 Å². The van der Waals surface area contributed by atoms with E-state index < -0.39 is 10.0 Å². The summed E-state index contributed by atoms with van der Waals surface area (Å²) in [6.07, 6.45) is 2.97. The zero-order valence-corrected chi connectivity index (χ0v) is 15.7. The van der Waals surface area contributed by atoms with Gasteiger partial charge in [-0.05, 0) is 38.5 Å². The second-order valence-corrected chi connectivity index (χ2v) is 8.12. The van der Waals surface area contributed by atoms with Crippen molar-refractivity contribution in [2.24, 2.45) is 0 Å². The number of nitrogens with one attached hydrogen (secondary N) is 1. The SMILES string of the molecule is CCCCCNC(=O)c1cc(S(=O)(=O)N(C)C(C)C)ccc1Cl. The number of nitrogens with zero attached hydrogens (tertiary/aromatic N) is 1. The van der Waals surface area contributed by atoms with Crippen molar-refractivity contribution in [2.45, 2.75) is 51.0 Å². The predicted octanol–water partition coefficient (Wildman–Crippen LogP) is 3.29. The van der Waals surface area contributed by atoms with Gasteiger partial charge in [-0.2, -0.15) is 4.31 Å². The third-order valence-corrected chi connectivity index (χ3v) is 6.01. The predicted molar refractivity (Wildman–Crippen MR) is 93.4 cm³/mol. The third-order valence-electron chi connectivity index (χ3n) is 3.65. The van der Waals surface area contributed by atoms with E-state index in [1.807, 2.05) is 0 Å². The average Bonchev–Trinajstić information content (AvgIpc) is 2.50. The first-order valence-corrected chi connectivity index (χ1v) is 9.59. The van der Waals surface area contributed by atoms with Crippen LogP contribution >= 0.6 is 11.6 Å². The maximum Gasteiger partial charge on any atom is 0.252 e. The standard InChI is InChI=1S/C16H25ClN2O3S/c1-5-6-7-10-18-16(20)14-11-13(8-9-15(14)17)23(21,22)19(4)12(2)3/h8-9,11-12H,5-7,10H2,1-4H3,(H,18,20). The number of rotatable bonds is 8. The Morgan fingerprint density at radius 3 is 2.52 bits per heavy atom. The van der Waals surface area contributed by atoms with Crippen molar-refractivity contribution in [3.63, 3.8) is 0 Å². The zero-order valence-electron chi connectivity index (χ0n) is 14.1. The molecule has 7 heteroatoms. The first-order chi connectivity index (χ1) is 10.7. The number of unbranched alkanes of at least 4 members (excludes halogenated alkanes) is 2. The normalized spacial score (nSPS) is 12.0. The molecule has 23 heavy (non-hydrogen) atoms. The van der Waals surface area contributed by atoms with Crippen molar-refractivity contribution in [1.82, 2.24) is 9.62 Å². The van der Waals surface area contributed by atoms with E-state index in [2.05, 4.69) is 12.2 Å². The fourth-order valence-corrected chi connectivity index (χ4v) is 3.55. The Bertz CT molecular complexity index is 645. The molecule has 0 saturated heterocycles. The van der Waals surface area contributed by atoms with Gasteiger partial charge < -0.3 is 5.32 Å². The number of carbonyl (C=O) groups is 1. The number of halogens is 1. The Morgan fingerprint density at radius 1 is 1.30 bits per heavy atom. The van der Waals surface area contributed by atoms with Gasteiger partial charge in [0.25, 0.3) is 5.91 Å². The van der Waals surface area contributed by atoms with Crippen LogP contribution in [0.4, 0.5) is 0 Å². The monoisotopic (exact) mass is 360 g/mol. The number of amides is 1. The average molecular weight is 361 g/mol. The molecule has 0 unspecified atom stereocenters. The van der Waals surface area contributed by atoms with Gasteiger partial charge in [-0.3, -0.25) is 4.79 Å². The van der Waals surface area contributed by atoms with Gasteiger partial charge in [0.15, 0.2) is 0 Å². The van der Waals surface area contributed by atoms with Crippen molar-refractivity contribution in [3.05, 3.63) is 28.8 Å². The first-order valence-electron chi connectivity index (χ1n) is 7.77. The Balaban J connectivity index is 3.02. The molecule has 0 aliphatic heterocycles. The highest BCUT2D eigenvalue weighted by Crippen LogP contribution is 2.23. The third kappa shape index (κ3) is 5.19. The van der Waals surface area contributed by atoms with E-state index in [0.29, 0.717) is 6.54 Å². The van der Waals surface area contributed by atoms with Gasteiger partial charge in [0, 0.05) is 19.6 Å². The molecule has 1 N–H and O–H groups in total. The highest BCUT2D eigenvalue weighted by atomic mass is 35.5. The van der Waals surface area contributed by atoms with Crippen molar-refractivity contribution in [2.75, 3.05) is 13.6 Å².